The quantitative estimate of drug-likeness (QED) is 0.759. The van der Waals surface area contributed by atoms with Crippen LogP contribution >= 0.6 is 0 Å². The van der Waals surface area contributed by atoms with E-state index in [1.807, 2.05) is 30.3 Å². The summed E-state index contributed by atoms with van der Waals surface area (Å²) in [6, 6.07) is 14.1. The zero-order valence-electron chi connectivity index (χ0n) is 11.2. The number of hydrogen-bond acceptors (Lipinski definition) is 3. The molecule has 1 aromatic heterocycles. The molecule has 0 saturated heterocycles. The van der Waals surface area contributed by atoms with Crippen molar-refractivity contribution in [3.8, 4) is 0 Å². The predicted molar refractivity (Wildman–Crippen MR) is 77.4 cm³/mol. The van der Waals surface area contributed by atoms with Gasteiger partial charge < -0.3 is 10.4 Å². The standard InChI is InChI=1S/C16H18N2O2/c19-15(20)7-4-10-18-16(13-5-2-1-3-6-13)14-8-11-17-12-9-14/h1-3,5-6,8-9,11-12,16,18H,4,7,10H2,(H,19,20). The Labute approximate surface area is 118 Å². The maximum Gasteiger partial charge on any atom is 0.303 e. The van der Waals surface area contributed by atoms with Gasteiger partial charge in [0.1, 0.15) is 0 Å². The molecule has 4 nitrogen and oxygen atoms in total. The number of pyridine rings is 1. The molecule has 1 heterocycles. The van der Waals surface area contributed by atoms with Gasteiger partial charge in [-0.15, -0.1) is 0 Å². The summed E-state index contributed by atoms with van der Waals surface area (Å²) in [5, 5.41) is 12.1. The van der Waals surface area contributed by atoms with Crippen LogP contribution in [0.4, 0.5) is 0 Å². The van der Waals surface area contributed by atoms with Gasteiger partial charge in [-0.3, -0.25) is 9.78 Å². The first-order chi connectivity index (χ1) is 9.77. The first-order valence-corrected chi connectivity index (χ1v) is 6.67. The zero-order valence-corrected chi connectivity index (χ0v) is 11.2. The highest BCUT2D eigenvalue weighted by atomic mass is 16.4. The fraction of sp³-hybridized carbons (Fsp3) is 0.250. The van der Waals surface area contributed by atoms with Gasteiger partial charge in [-0.1, -0.05) is 30.3 Å². The average Bonchev–Trinajstić information content (AvgIpc) is 2.49. The molecular weight excluding hydrogens is 252 g/mol. The van der Waals surface area contributed by atoms with Gasteiger partial charge in [0.15, 0.2) is 0 Å². The second-order valence-corrected chi connectivity index (χ2v) is 4.58. The molecule has 0 spiro atoms. The zero-order chi connectivity index (χ0) is 14.2. The van der Waals surface area contributed by atoms with Crippen LogP contribution in [0.25, 0.3) is 0 Å². The summed E-state index contributed by atoms with van der Waals surface area (Å²) in [4.78, 5) is 14.6. The van der Waals surface area contributed by atoms with E-state index in [-0.39, 0.29) is 12.5 Å². The minimum Gasteiger partial charge on any atom is -0.481 e. The van der Waals surface area contributed by atoms with Gasteiger partial charge in [0.25, 0.3) is 0 Å². The molecular formula is C16H18N2O2. The molecule has 0 aliphatic heterocycles. The Morgan fingerprint density at radius 3 is 2.40 bits per heavy atom. The van der Waals surface area contributed by atoms with Crippen LogP contribution in [0.1, 0.15) is 30.0 Å². The first kappa shape index (κ1) is 14.2. The van der Waals surface area contributed by atoms with Crippen LogP contribution in [0.15, 0.2) is 54.9 Å². The molecule has 0 aliphatic rings. The molecule has 0 saturated carbocycles. The Morgan fingerprint density at radius 1 is 1.10 bits per heavy atom. The van der Waals surface area contributed by atoms with Crippen molar-refractivity contribution in [2.75, 3.05) is 6.54 Å². The fourth-order valence-electron chi connectivity index (χ4n) is 2.12. The molecule has 2 aromatic rings. The van der Waals surface area contributed by atoms with Gasteiger partial charge in [0, 0.05) is 18.8 Å². The Kier molecular flexibility index (Phi) is 5.26. The lowest BCUT2D eigenvalue weighted by Gasteiger charge is -2.19. The Balaban J connectivity index is 2.07. The van der Waals surface area contributed by atoms with E-state index >= 15 is 0 Å². The molecule has 1 aromatic carbocycles. The van der Waals surface area contributed by atoms with Crippen LogP contribution in [-0.4, -0.2) is 22.6 Å². The molecule has 0 amide bonds. The van der Waals surface area contributed by atoms with Crippen molar-refractivity contribution in [1.82, 2.24) is 10.3 Å². The third-order valence-electron chi connectivity index (χ3n) is 3.09. The molecule has 0 bridgehead atoms. The minimum atomic E-state index is -0.757. The number of aromatic nitrogens is 1. The highest BCUT2D eigenvalue weighted by Crippen LogP contribution is 2.21. The molecule has 2 rings (SSSR count). The van der Waals surface area contributed by atoms with E-state index in [0.29, 0.717) is 13.0 Å². The SMILES string of the molecule is O=C(O)CCCNC(c1ccccc1)c1ccncc1. The van der Waals surface area contributed by atoms with E-state index in [4.69, 9.17) is 5.11 Å². The Bertz CT molecular complexity index is 489. The summed E-state index contributed by atoms with van der Waals surface area (Å²) in [5.74, 6) is -0.757. The summed E-state index contributed by atoms with van der Waals surface area (Å²) in [7, 11) is 0. The molecule has 1 atom stereocenters. The molecule has 0 fully saturated rings. The van der Waals surface area contributed by atoms with Crippen molar-refractivity contribution in [2.45, 2.75) is 18.9 Å². The van der Waals surface area contributed by atoms with Gasteiger partial charge >= 0.3 is 5.97 Å². The van der Waals surface area contributed by atoms with E-state index < -0.39 is 5.97 Å². The average molecular weight is 270 g/mol. The fourth-order valence-corrected chi connectivity index (χ4v) is 2.12. The van der Waals surface area contributed by atoms with Gasteiger partial charge in [0.05, 0.1) is 6.04 Å². The third-order valence-corrected chi connectivity index (χ3v) is 3.09. The van der Waals surface area contributed by atoms with Gasteiger partial charge in [0.2, 0.25) is 0 Å². The molecule has 1 unspecified atom stereocenters. The number of nitrogens with one attached hydrogen (secondary N) is 1. The lowest BCUT2D eigenvalue weighted by molar-refractivity contribution is -0.137. The number of carboxylic acid groups (broad SMARTS) is 1. The van der Waals surface area contributed by atoms with Crippen molar-refractivity contribution in [2.24, 2.45) is 0 Å². The van der Waals surface area contributed by atoms with Crippen molar-refractivity contribution >= 4 is 5.97 Å². The molecule has 4 heteroatoms. The van der Waals surface area contributed by atoms with Crippen molar-refractivity contribution in [3.05, 3.63) is 66.0 Å². The number of benzene rings is 1. The van der Waals surface area contributed by atoms with Gasteiger partial charge in [-0.25, -0.2) is 0 Å². The first-order valence-electron chi connectivity index (χ1n) is 6.67. The van der Waals surface area contributed by atoms with Crippen LogP contribution < -0.4 is 5.32 Å². The van der Waals surface area contributed by atoms with Crippen molar-refractivity contribution in [3.63, 3.8) is 0 Å². The molecule has 2 N–H and O–H groups in total. The Hall–Kier alpha value is -2.20. The summed E-state index contributed by atoms with van der Waals surface area (Å²) in [6.07, 6.45) is 4.34. The van der Waals surface area contributed by atoms with Crippen molar-refractivity contribution < 1.29 is 9.90 Å². The highest BCUT2D eigenvalue weighted by molar-refractivity contribution is 5.66. The minimum absolute atomic E-state index is 0.0630. The molecule has 0 radical (unpaired) electrons. The summed E-state index contributed by atoms with van der Waals surface area (Å²) in [5.41, 5.74) is 2.29. The van der Waals surface area contributed by atoms with E-state index in [9.17, 15) is 4.79 Å². The third kappa shape index (κ3) is 4.17. The molecule has 0 aliphatic carbocycles. The van der Waals surface area contributed by atoms with E-state index in [0.717, 1.165) is 11.1 Å². The lowest BCUT2D eigenvalue weighted by atomic mass is 9.99. The van der Waals surface area contributed by atoms with Crippen molar-refractivity contribution in [1.29, 1.82) is 0 Å². The van der Waals surface area contributed by atoms with E-state index in [1.165, 1.54) is 0 Å². The maximum atomic E-state index is 10.5. The lowest BCUT2D eigenvalue weighted by Crippen LogP contribution is -2.24. The summed E-state index contributed by atoms with van der Waals surface area (Å²) < 4.78 is 0. The second kappa shape index (κ2) is 7.40. The number of carboxylic acids is 1. The molecule has 20 heavy (non-hydrogen) atoms. The van der Waals surface area contributed by atoms with Crippen LogP contribution in [0.5, 0.6) is 0 Å². The van der Waals surface area contributed by atoms with Gasteiger partial charge in [-0.2, -0.15) is 0 Å². The summed E-state index contributed by atoms with van der Waals surface area (Å²) >= 11 is 0. The second-order valence-electron chi connectivity index (χ2n) is 4.58. The number of rotatable bonds is 7. The van der Waals surface area contributed by atoms with E-state index in [2.05, 4.69) is 22.4 Å². The van der Waals surface area contributed by atoms with Crippen LogP contribution in [0.3, 0.4) is 0 Å². The van der Waals surface area contributed by atoms with Gasteiger partial charge in [-0.05, 0) is 36.2 Å². The van der Waals surface area contributed by atoms with Crippen LogP contribution in [0, 0.1) is 0 Å². The maximum absolute atomic E-state index is 10.5. The predicted octanol–water partition coefficient (Wildman–Crippen LogP) is 2.63. The summed E-state index contributed by atoms with van der Waals surface area (Å²) in [6.45, 7) is 0.661. The van der Waals surface area contributed by atoms with Crippen LogP contribution in [0.2, 0.25) is 0 Å². The topological polar surface area (TPSA) is 62.2 Å². The van der Waals surface area contributed by atoms with Crippen LogP contribution in [-0.2, 0) is 4.79 Å². The molecule has 104 valence electrons. The Morgan fingerprint density at radius 2 is 1.75 bits per heavy atom. The van der Waals surface area contributed by atoms with E-state index in [1.54, 1.807) is 12.4 Å². The highest BCUT2D eigenvalue weighted by Gasteiger charge is 2.12. The number of aliphatic carboxylic acids is 1. The largest absolute Gasteiger partial charge is 0.481 e. The number of hydrogen-bond donors (Lipinski definition) is 2. The smallest absolute Gasteiger partial charge is 0.303 e. The number of nitrogens with zero attached hydrogens (tertiary/aromatic N) is 1. The monoisotopic (exact) mass is 270 g/mol. The normalized spacial score (nSPS) is 12.0. The number of carbonyl (C=O) groups is 1.